The van der Waals surface area contributed by atoms with E-state index in [-0.39, 0.29) is 5.54 Å². The van der Waals surface area contributed by atoms with Crippen molar-refractivity contribution in [3.05, 3.63) is 24.3 Å². The third-order valence-corrected chi connectivity index (χ3v) is 1.89. The number of hydrogen-bond acceptors (Lipinski definition) is 2. The van der Waals surface area contributed by atoms with Crippen LogP contribution >= 0.6 is 0 Å². The van der Waals surface area contributed by atoms with Crippen molar-refractivity contribution in [3.8, 4) is 0 Å². The largest absolute Gasteiger partial charge is 0.365 e. The molecule has 0 atom stereocenters. The quantitative estimate of drug-likeness (QED) is 0.616. The Bertz CT molecular complexity index is 326. The van der Waals surface area contributed by atoms with E-state index < -0.39 is 0 Å². The van der Waals surface area contributed by atoms with E-state index in [0.717, 1.165) is 11.4 Å². The van der Waals surface area contributed by atoms with E-state index >= 15 is 0 Å². The number of aliphatic imine (C=N–C) groups is 1. The summed E-state index contributed by atoms with van der Waals surface area (Å²) >= 11 is 0. The van der Waals surface area contributed by atoms with Crippen molar-refractivity contribution in [2.24, 2.45) is 0 Å². The maximum Gasteiger partial charge on any atom is 0.299 e. The van der Waals surface area contributed by atoms with Crippen molar-refractivity contribution in [1.82, 2.24) is 4.99 Å². The molecule has 61 valence electrons. The van der Waals surface area contributed by atoms with Crippen LogP contribution in [0.15, 0.2) is 24.3 Å². The number of para-hydroxylation sites is 2. The lowest BCUT2D eigenvalue weighted by Gasteiger charge is -2.20. The van der Waals surface area contributed by atoms with Crippen LogP contribution in [0.1, 0.15) is 13.8 Å². The summed E-state index contributed by atoms with van der Waals surface area (Å²) < 4.78 is 0. The zero-order chi connectivity index (χ0) is 8.60. The van der Waals surface area contributed by atoms with E-state index in [0.29, 0.717) is 0 Å². The molecule has 0 amide bonds. The van der Waals surface area contributed by atoms with Crippen molar-refractivity contribution in [3.63, 3.8) is 0 Å². The molecule has 1 aromatic carbocycles. The van der Waals surface area contributed by atoms with Gasteiger partial charge in [0, 0.05) is 6.07 Å². The predicted molar refractivity (Wildman–Crippen MR) is 52.0 cm³/mol. The van der Waals surface area contributed by atoms with E-state index in [1.807, 2.05) is 30.5 Å². The van der Waals surface area contributed by atoms with E-state index in [9.17, 15) is 0 Å². The summed E-state index contributed by atoms with van der Waals surface area (Å²) in [5, 5.41) is 3.39. The predicted octanol–water partition coefficient (Wildman–Crippen LogP) is 1.93. The van der Waals surface area contributed by atoms with E-state index in [1.165, 1.54) is 0 Å². The molecule has 1 aromatic rings. The first-order valence-electron chi connectivity index (χ1n) is 4.10. The Morgan fingerprint density at radius 1 is 1.25 bits per heavy atom. The highest BCUT2D eigenvalue weighted by molar-refractivity contribution is 5.84. The number of nitrogens with zero attached hydrogens (tertiary/aromatic N) is 1. The molecule has 2 heteroatoms. The Morgan fingerprint density at radius 2 is 2.00 bits per heavy atom. The Balaban J connectivity index is 2.46. The summed E-state index contributed by atoms with van der Waals surface area (Å²) in [6.45, 7) is 4.21. The monoisotopic (exact) mass is 160 g/mol. The van der Waals surface area contributed by atoms with Crippen LogP contribution in [0.4, 0.5) is 11.4 Å². The Labute approximate surface area is 72.3 Å². The molecule has 0 aromatic heterocycles. The van der Waals surface area contributed by atoms with Crippen LogP contribution < -0.4 is 10.3 Å². The lowest BCUT2D eigenvalue weighted by atomic mass is 10.0. The molecule has 0 bridgehead atoms. The zero-order valence-corrected chi connectivity index (χ0v) is 7.33. The third-order valence-electron chi connectivity index (χ3n) is 1.89. The molecule has 1 aliphatic rings. The van der Waals surface area contributed by atoms with Crippen LogP contribution in [0.3, 0.4) is 0 Å². The Morgan fingerprint density at radius 3 is 2.83 bits per heavy atom. The molecule has 2 nitrogen and oxygen atoms in total. The molecule has 0 unspecified atom stereocenters. The van der Waals surface area contributed by atoms with Gasteiger partial charge in [0.15, 0.2) is 0 Å². The lowest BCUT2D eigenvalue weighted by Crippen LogP contribution is -2.36. The van der Waals surface area contributed by atoms with Crippen LogP contribution in [-0.4, -0.2) is 11.8 Å². The molecule has 0 saturated carbocycles. The van der Waals surface area contributed by atoms with Crippen LogP contribution in [0.5, 0.6) is 0 Å². The molecule has 1 radical (unpaired) electrons. The summed E-state index contributed by atoms with van der Waals surface area (Å²) in [7, 11) is 0. The summed E-state index contributed by atoms with van der Waals surface area (Å²) in [5.41, 5.74) is 2.12. The average molecular weight is 160 g/mol. The maximum atomic E-state index is 4.36. The smallest absolute Gasteiger partial charge is 0.299 e. The molecule has 0 saturated heterocycles. The fraction of sp³-hybridized carbons (Fsp3) is 0.300. The van der Waals surface area contributed by atoms with Gasteiger partial charge in [-0.3, -0.25) is 0 Å². The van der Waals surface area contributed by atoms with Crippen molar-refractivity contribution >= 4 is 17.6 Å². The first kappa shape index (κ1) is 7.35. The molecule has 1 aliphatic heterocycles. The van der Waals surface area contributed by atoms with Gasteiger partial charge in [0.1, 0.15) is 11.2 Å². The van der Waals surface area contributed by atoms with Gasteiger partial charge in [-0.05, 0) is 19.9 Å². The van der Waals surface area contributed by atoms with Crippen LogP contribution in [0, 0.1) is 0 Å². The van der Waals surface area contributed by atoms with Gasteiger partial charge >= 0.3 is 0 Å². The zero-order valence-electron chi connectivity index (χ0n) is 7.33. The van der Waals surface area contributed by atoms with Gasteiger partial charge in [-0.25, -0.2) is 0 Å². The first-order valence-corrected chi connectivity index (χ1v) is 4.10. The number of nitrogens with one attached hydrogen (secondary N) is 1. The fourth-order valence-electron chi connectivity index (χ4n) is 1.30. The topological polar surface area (TPSA) is 26.1 Å². The van der Waals surface area contributed by atoms with Gasteiger partial charge in [-0.15, -0.1) is 0 Å². The lowest BCUT2D eigenvalue weighted by molar-refractivity contribution is 0.763. The minimum absolute atomic E-state index is 0.0195. The van der Waals surface area contributed by atoms with Gasteiger partial charge in [-0.1, -0.05) is 12.1 Å². The average Bonchev–Trinajstić information content (AvgIpc) is 2.02. The van der Waals surface area contributed by atoms with Gasteiger partial charge in [0.2, 0.25) is 6.21 Å². The summed E-state index contributed by atoms with van der Waals surface area (Å²) in [5.74, 6) is 0. The van der Waals surface area contributed by atoms with Crippen molar-refractivity contribution in [2.75, 3.05) is 5.32 Å². The molecular weight excluding hydrogens is 148 g/mol. The summed E-state index contributed by atoms with van der Waals surface area (Å²) in [6.07, 6.45) is 1.94. The molecule has 2 rings (SSSR count). The highest BCUT2D eigenvalue weighted by Gasteiger charge is 2.28. The molecule has 12 heavy (non-hydrogen) atoms. The standard InChI is InChI=1S/C10H12N2/c1-10(2)7-11-8-5-3-4-6-9(8)12-10/h3-7,12H,1-2H3/q+1. The number of rotatable bonds is 0. The second kappa shape index (κ2) is 2.34. The number of fused-ring (bicyclic) bond motifs is 1. The molecule has 1 N–H and O–H groups in total. The molecule has 0 fully saturated rings. The molecule has 0 spiro atoms. The molecule has 1 heterocycles. The number of anilines is 1. The number of hydrogen-bond donors (Lipinski definition) is 1. The van der Waals surface area contributed by atoms with Crippen LogP contribution in [0.2, 0.25) is 0 Å². The van der Waals surface area contributed by atoms with E-state index in [1.54, 1.807) is 0 Å². The second-order valence-electron chi connectivity index (χ2n) is 3.62. The van der Waals surface area contributed by atoms with Crippen LogP contribution in [-0.2, 0) is 0 Å². The van der Waals surface area contributed by atoms with Crippen LogP contribution in [0.25, 0.3) is 0 Å². The molecular formula is C10H12N2+. The van der Waals surface area contributed by atoms with Gasteiger partial charge in [0.05, 0.1) is 4.99 Å². The summed E-state index contributed by atoms with van der Waals surface area (Å²) in [4.78, 5) is 4.36. The Kier molecular flexibility index (Phi) is 1.43. The van der Waals surface area contributed by atoms with Crippen molar-refractivity contribution < 1.29 is 0 Å². The minimum atomic E-state index is -0.0195. The van der Waals surface area contributed by atoms with Gasteiger partial charge < -0.3 is 5.32 Å². The second-order valence-corrected chi connectivity index (χ2v) is 3.62. The fourth-order valence-corrected chi connectivity index (χ4v) is 1.30. The number of benzene rings is 1. The van der Waals surface area contributed by atoms with E-state index in [2.05, 4.69) is 24.2 Å². The maximum absolute atomic E-state index is 4.36. The van der Waals surface area contributed by atoms with Crippen molar-refractivity contribution in [2.45, 2.75) is 19.4 Å². The Hall–Kier alpha value is -1.31. The third kappa shape index (κ3) is 1.20. The van der Waals surface area contributed by atoms with Crippen molar-refractivity contribution in [1.29, 1.82) is 0 Å². The highest BCUT2D eigenvalue weighted by Crippen LogP contribution is 2.25. The van der Waals surface area contributed by atoms with Gasteiger partial charge in [-0.2, -0.15) is 0 Å². The minimum Gasteiger partial charge on any atom is -0.365 e. The van der Waals surface area contributed by atoms with Gasteiger partial charge in [0.25, 0.3) is 5.69 Å². The molecule has 0 aliphatic carbocycles. The first-order chi connectivity index (χ1) is 5.67. The van der Waals surface area contributed by atoms with E-state index in [4.69, 9.17) is 0 Å². The highest BCUT2D eigenvalue weighted by atomic mass is 15.0. The summed E-state index contributed by atoms with van der Waals surface area (Å²) in [6, 6.07) is 8.07. The normalized spacial score (nSPS) is 18.2. The SMILES string of the molecule is CC1(C)C=[N+]c2ccccc2N1.